The van der Waals surface area contributed by atoms with E-state index in [0.717, 1.165) is 17.8 Å². The molecule has 8 nitrogen and oxygen atoms in total. The first-order valence-electron chi connectivity index (χ1n) is 9.67. The number of aromatic nitrogens is 4. The Labute approximate surface area is 172 Å². The van der Waals surface area contributed by atoms with Crippen LogP contribution in [0.1, 0.15) is 29.5 Å². The highest BCUT2D eigenvalue weighted by Gasteiger charge is 2.11. The summed E-state index contributed by atoms with van der Waals surface area (Å²) in [5, 5.41) is 6.92. The highest BCUT2D eigenvalue weighted by atomic mass is 16.5. The highest BCUT2D eigenvalue weighted by molar-refractivity contribution is 6.02. The van der Waals surface area contributed by atoms with Gasteiger partial charge in [-0.15, -0.1) is 0 Å². The molecule has 1 aromatic carbocycles. The number of hydrogen-bond acceptors (Lipinski definition) is 5. The van der Waals surface area contributed by atoms with Gasteiger partial charge in [-0.3, -0.25) is 9.59 Å². The molecule has 0 bridgehead atoms. The molecular formula is C22H21N5O3. The number of anilines is 1. The third-order valence-electron chi connectivity index (χ3n) is 4.43. The van der Waals surface area contributed by atoms with Crippen LogP contribution in [0.2, 0.25) is 0 Å². The lowest BCUT2D eigenvalue weighted by Crippen LogP contribution is -2.26. The summed E-state index contributed by atoms with van der Waals surface area (Å²) < 4.78 is 9.05. The molecule has 8 heteroatoms. The lowest BCUT2D eigenvalue weighted by molar-refractivity contribution is 0.101. The van der Waals surface area contributed by atoms with Crippen LogP contribution in [0.3, 0.4) is 0 Å². The molecule has 3 aromatic heterocycles. The first-order chi connectivity index (χ1) is 14.6. The smallest absolute Gasteiger partial charge is 0.276 e. The predicted molar refractivity (Wildman–Crippen MR) is 113 cm³/mol. The minimum Gasteiger partial charge on any atom is -0.487 e. The molecule has 0 radical (unpaired) electrons. The third-order valence-corrected chi connectivity index (χ3v) is 4.43. The number of carbonyl (C=O) groups excluding carboxylic acids is 1. The molecule has 0 fully saturated rings. The summed E-state index contributed by atoms with van der Waals surface area (Å²) in [6.45, 7) is 2.72. The van der Waals surface area contributed by atoms with E-state index in [1.54, 1.807) is 18.2 Å². The van der Waals surface area contributed by atoms with Gasteiger partial charge in [-0.1, -0.05) is 19.1 Å². The van der Waals surface area contributed by atoms with Gasteiger partial charge in [0, 0.05) is 36.8 Å². The number of nitrogens with one attached hydrogen (secondary N) is 1. The Morgan fingerprint density at radius 3 is 2.87 bits per heavy atom. The zero-order valence-corrected chi connectivity index (χ0v) is 16.5. The number of imidazole rings is 1. The van der Waals surface area contributed by atoms with Gasteiger partial charge in [-0.25, -0.2) is 9.67 Å². The summed E-state index contributed by atoms with van der Waals surface area (Å²) >= 11 is 0. The Hall–Kier alpha value is -3.94. The summed E-state index contributed by atoms with van der Waals surface area (Å²) in [5.41, 5.74) is 2.18. The van der Waals surface area contributed by atoms with Crippen LogP contribution in [-0.2, 0) is 13.2 Å². The molecule has 0 aliphatic carbocycles. The molecule has 0 saturated heterocycles. The quantitative estimate of drug-likeness (QED) is 0.512. The number of pyridine rings is 1. The van der Waals surface area contributed by atoms with Crippen molar-refractivity contribution in [2.75, 3.05) is 5.32 Å². The number of ether oxygens (including phenoxy) is 1. The Morgan fingerprint density at radius 2 is 2.03 bits per heavy atom. The van der Waals surface area contributed by atoms with Crippen LogP contribution in [0.4, 0.5) is 5.69 Å². The van der Waals surface area contributed by atoms with Gasteiger partial charge in [0.25, 0.3) is 11.5 Å². The van der Waals surface area contributed by atoms with Crippen molar-refractivity contribution in [1.82, 2.24) is 19.2 Å². The Morgan fingerprint density at radius 1 is 1.13 bits per heavy atom. The normalized spacial score (nSPS) is 10.8. The molecule has 3 heterocycles. The molecule has 4 rings (SSSR count). The van der Waals surface area contributed by atoms with Crippen molar-refractivity contribution in [2.24, 2.45) is 0 Å². The van der Waals surface area contributed by atoms with Crippen molar-refractivity contribution >= 4 is 17.2 Å². The number of rotatable bonds is 7. The van der Waals surface area contributed by atoms with E-state index in [-0.39, 0.29) is 11.3 Å². The van der Waals surface area contributed by atoms with E-state index in [9.17, 15) is 9.59 Å². The van der Waals surface area contributed by atoms with Crippen LogP contribution < -0.4 is 15.6 Å². The number of aryl methyl sites for hydroxylation is 1. The topological polar surface area (TPSA) is 90.5 Å². The van der Waals surface area contributed by atoms with Crippen molar-refractivity contribution in [1.29, 1.82) is 0 Å². The minimum atomic E-state index is -0.391. The van der Waals surface area contributed by atoms with Gasteiger partial charge >= 0.3 is 0 Å². The lowest BCUT2D eigenvalue weighted by atomic mass is 10.3. The second-order valence-corrected chi connectivity index (χ2v) is 6.75. The third kappa shape index (κ3) is 4.38. The van der Waals surface area contributed by atoms with Crippen LogP contribution in [0.15, 0.2) is 71.8 Å². The number of hydrogen-bond donors (Lipinski definition) is 1. The van der Waals surface area contributed by atoms with E-state index in [1.165, 1.54) is 16.8 Å². The van der Waals surface area contributed by atoms with Crippen molar-refractivity contribution in [3.63, 3.8) is 0 Å². The summed E-state index contributed by atoms with van der Waals surface area (Å²) in [6.07, 6.45) is 4.60. The van der Waals surface area contributed by atoms with Crippen molar-refractivity contribution in [3.8, 4) is 5.75 Å². The zero-order chi connectivity index (χ0) is 20.9. The van der Waals surface area contributed by atoms with Crippen LogP contribution >= 0.6 is 0 Å². The van der Waals surface area contributed by atoms with E-state index in [4.69, 9.17) is 4.74 Å². The molecule has 4 aromatic rings. The summed E-state index contributed by atoms with van der Waals surface area (Å²) in [6, 6.07) is 15.7. The van der Waals surface area contributed by atoms with Crippen LogP contribution in [0.25, 0.3) is 5.65 Å². The molecule has 152 valence electrons. The molecule has 0 saturated carbocycles. The number of benzene rings is 1. The maximum atomic E-state index is 12.5. The van der Waals surface area contributed by atoms with Gasteiger partial charge in [0.15, 0.2) is 0 Å². The molecule has 0 atom stereocenters. The first-order valence-corrected chi connectivity index (χ1v) is 9.67. The summed E-state index contributed by atoms with van der Waals surface area (Å²) in [5.74, 6) is 0.214. The van der Waals surface area contributed by atoms with Gasteiger partial charge in [-0.2, -0.15) is 5.10 Å². The van der Waals surface area contributed by atoms with E-state index in [1.807, 2.05) is 48.0 Å². The number of amides is 1. The summed E-state index contributed by atoms with van der Waals surface area (Å²) in [7, 11) is 0. The molecule has 0 unspecified atom stereocenters. The van der Waals surface area contributed by atoms with Crippen LogP contribution in [-0.4, -0.2) is 25.1 Å². The second-order valence-electron chi connectivity index (χ2n) is 6.75. The van der Waals surface area contributed by atoms with Gasteiger partial charge in [-0.05, 0) is 36.8 Å². The largest absolute Gasteiger partial charge is 0.487 e. The molecule has 1 N–H and O–H groups in total. The van der Waals surface area contributed by atoms with Crippen molar-refractivity contribution < 1.29 is 9.53 Å². The predicted octanol–water partition coefficient (Wildman–Crippen LogP) is 3.13. The summed E-state index contributed by atoms with van der Waals surface area (Å²) in [4.78, 5) is 28.8. The number of carbonyl (C=O) groups is 1. The molecular weight excluding hydrogens is 382 g/mol. The standard InChI is InChI=1S/C22H21N5O3/c1-2-11-27-21(28)10-9-19(25-27)22(29)24-16-6-5-7-18(13-16)30-15-17-14-26-12-4-3-8-20(26)23-17/h3-10,12-14H,2,11,15H2,1H3,(H,24,29). The fourth-order valence-electron chi connectivity index (χ4n) is 3.01. The fraction of sp³-hybridized carbons (Fsp3) is 0.182. The van der Waals surface area contributed by atoms with Gasteiger partial charge < -0.3 is 14.5 Å². The monoisotopic (exact) mass is 403 g/mol. The Bertz CT molecular complexity index is 1210. The first kappa shape index (κ1) is 19.4. The maximum absolute atomic E-state index is 12.5. The second kappa shape index (κ2) is 8.60. The average Bonchev–Trinajstić information content (AvgIpc) is 3.17. The molecule has 0 spiro atoms. The van der Waals surface area contributed by atoms with Gasteiger partial charge in [0.1, 0.15) is 23.7 Å². The van der Waals surface area contributed by atoms with E-state index >= 15 is 0 Å². The van der Waals surface area contributed by atoms with Crippen LogP contribution in [0.5, 0.6) is 5.75 Å². The van der Waals surface area contributed by atoms with E-state index in [2.05, 4.69) is 15.4 Å². The fourth-order valence-corrected chi connectivity index (χ4v) is 3.01. The maximum Gasteiger partial charge on any atom is 0.276 e. The molecule has 0 aliphatic heterocycles. The van der Waals surface area contributed by atoms with Gasteiger partial charge in [0.2, 0.25) is 0 Å². The number of nitrogens with zero attached hydrogens (tertiary/aromatic N) is 4. The Balaban J connectivity index is 1.43. The minimum absolute atomic E-state index is 0.180. The lowest BCUT2D eigenvalue weighted by Gasteiger charge is -2.09. The van der Waals surface area contributed by atoms with Crippen molar-refractivity contribution in [3.05, 3.63) is 88.7 Å². The Kier molecular flexibility index (Phi) is 5.56. The zero-order valence-electron chi connectivity index (χ0n) is 16.5. The SMILES string of the molecule is CCCn1nc(C(=O)Nc2cccc(OCc3cn4ccccc4n3)c2)ccc1=O. The average molecular weight is 403 g/mol. The van der Waals surface area contributed by atoms with Crippen molar-refractivity contribution in [2.45, 2.75) is 26.5 Å². The molecule has 1 amide bonds. The van der Waals surface area contributed by atoms with E-state index < -0.39 is 5.91 Å². The highest BCUT2D eigenvalue weighted by Crippen LogP contribution is 2.19. The molecule has 0 aliphatic rings. The van der Waals surface area contributed by atoms with Gasteiger partial charge in [0.05, 0.1) is 5.69 Å². The number of fused-ring (bicyclic) bond motifs is 1. The van der Waals surface area contributed by atoms with E-state index in [0.29, 0.717) is 24.6 Å². The van der Waals surface area contributed by atoms with Crippen LogP contribution in [0, 0.1) is 0 Å². The molecule has 30 heavy (non-hydrogen) atoms.